The van der Waals surface area contributed by atoms with Crippen LogP contribution in [-0.4, -0.2) is 20.1 Å². The second-order valence-electron chi connectivity index (χ2n) is 2.98. The molecule has 5 heteroatoms. The molecule has 1 rings (SSSR count). The van der Waals surface area contributed by atoms with Crippen LogP contribution >= 0.6 is 0 Å². The van der Waals surface area contributed by atoms with Crippen LogP contribution in [0, 0.1) is 0 Å². The summed E-state index contributed by atoms with van der Waals surface area (Å²) in [5.41, 5.74) is 6.67. The number of anilines is 2. The number of hydrogen-bond donors (Lipinski definition) is 2. The highest BCUT2D eigenvalue weighted by atomic mass is 16.5. The van der Waals surface area contributed by atoms with Crippen LogP contribution < -0.4 is 20.5 Å². The SMILES string of the molecule is COc1cc(N)c(NC(C)=O)cc1OC. The third-order valence-electron chi connectivity index (χ3n) is 1.87. The molecule has 0 saturated heterocycles. The Morgan fingerprint density at radius 3 is 2.27 bits per heavy atom. The zero-order valence-electron chi connectivity index (χ0n) is 8.96. The summed E-state index contributed by atoms with van der Waals surface area (Å²) < 4.78 is 10.1. The number of carbonyl (C=O) groups is 1. The second kappa shape index (κ2) is 4.54. The number of amides is 1. The molecule has 1 amide bonds. The molecule has 0 spiro atoms. The lowest BCUT2D eigenvalue weighted by Gasteiger charge is -2.12. The number of benzene rings is 1. The number of rotatable bonds is 3. The van der Waals surface area contributed by atoms with Gasteiger partial charge in [-0.2, -0.15) is 0 Å². The number of nitrogens with two attached hydrogens (primary N) is 1. The summed E-state index contributed by atoms with van der Waals surface area (Å²) >= 11 is 0. The normalized spacial score (nSPS) is 9.53. The number of nitrogen functional groups attached to an aromatic ring is 1. The first-order valence-corrected chi connectivity index (χ1v) is 4.37. The smallest absolute Gasteiger partial charge is 0.221 e. The Kier molecular flexibility index (Phi) is 3.38. The monoisotopic (exact) mass is 210 g/mol. The first-order valence-electron chi connectivity index (χ1n) is 4.37. The number of methoxy groups -OCH3 is 2. The first kappa shape index (κ1) is 11.2. The predicted molar refractivity (Wildman–Crippen MR) is 58.3 cm³/mol. The summed E-state index contributed by atoms with van der Waals surface area (Å²) in [6.07, 6.45) is 0. The van der Waals surface area contributed by atoms with Gasteiger partial charge in [0.25, 0.3) is 0 Å². The van der Waals surface area contributed by atoms with Gasteiger partial charge >= 0.3 is 0 Å². The van der Waals surface area contributed by atoms with Crippen LogP contribution in [0.25, 0.3) is 0 Å². The Morgan fingerprint density at radius 1 is 1.27 bits per heavy atom. The van der Waals surface area contributed by atoms with Crippen LogP contribution in [0.2, 0.25) is 0 Å². The summed E-state index contributed by atoms with van der Waals surface area (Å²) in [7, 11) is 3.04. The van der Waals surface area contributed by atoms with Crippen molar-refractivity contribution in [2.24, 2.45) is 0 Å². The third-order valence-corrected chi connectivity index (χ3v) is 1.87. The van der Waals surface area contributed by atoms with Crippen molar-refractivity contribution in [2.75, 3.05) is 25.3 Å². The van der Waals surface area contributed by atoms with Crippen LogP contribution in [0.1, 0.15) is 6.92 Å². The molecule has 0 unspecified atom stereocenters. The second-order valence-corrected chi connectivity index (χ2v) is 2.98. The van der Waals surface area contributed by atoms with Crippen LogP contribution in [0.15, 0.2) is 12.1 Å². The van der Waals surface area contributed by atoms with Gasteiger partial charge in [-0.15, -0.1) is 0 Å². The molecule has 0 aliphatic rings. The van der Waals surface area contributed by atoms with Crippen molar-refractivity contribution >= 4 is 17.3 Å². The summed E-state index contributed by atoms with van der Waals surface area (Å²) in [5.74, 6) is 0.869. The minimum Gasteiger partial charge on any atom is -0.493 e. The Balaban J connectivity index is 3.13. The molecule has 0 fully saturated rings. The average molecular weight is 210 g/mol. The van der Waals surface area contributed by atoms with E-state index in [0.29, 0.717) is 22.9 Å². The minimum atomic E-state index is -0.186. The molecule has 0 aliphatic carbocycles. The van der Waals surface area contributed by atoms with Crippen molar-refractivity contribution in [3.05, 3.63) is 12.1 Å². The molecule has 0 atom stereocenters. The Labute approximate surface area is 88.2 Å². The van der Waals surface area contributed by atoms with Gasteiger partial charge in [0.15, 0.2) is 11.5 Å². The van der Waals surface area contributed by atoms with Gasteiger partial charge in [-0.05, 0) is 0 Å². The van der Waals surface area contributed by atoms with Crippen LogP contribution in [0.5, 0.6) is 11.5 Å². The van der Waals surface area contributed by atoms with Crippen LogP contribution in [0.4, 0.5) is 11.4 Å². The molecule has 82 valence electrons. The maximum Gasteiger partial charge on any atom is 0.221 e. The minimum absolute atomic E-state index is 0.186. The van der Waals surface area contributed by atoms with Crippen molar-refractivity contribution in [1.29, 1.82) is 0 Å². The molecule has 1 aromatic carbocycles. The summed E-state index contributed by atoms with van der Waals surface area (Å²) in [6.45, 7) is 1.41. The lowest BCUT2D eigenvalue weighted by atomic mass is 10.2. The number of carbonyl (C=O) groups excluding carboxylic acids is 1. The van der Waals surface area contributed by atoms with E-state index in [1.165, 1.54) is 21.1 Å². The molecule has 0 aromatic heterocycles. The van der Waals surface area contributed by atoms with Gasteiger partial charge < -0.3 is 20.5 Å². The van der Waals surface area contributed by atoms with E-state index in [0.717, 1.165) is 0 Å². The van der Waals surface area contributed by atoms with E-state index in [9.17, 15) is 4.79 Å². The fourth-order valence-corrected chi connectivity index (χ4v) is 1.19. The van der Waals surface area contributed by atoms with Gasteiger partial charge in [0.1, 0.15) is 0 Å². The highest BCUT2D eigenvalue weighted by Gasteiger charge is 2.09. The van der Waals surface area contributed by atoms with E-state index in [-0.39, 0.29) is 5.91 Å². The molecule has 0 heterocycles. The fraction of sp³-hybridized carbons (Fsp3) is 0.300. The van der Waals surface area contributed by atoms with E-state index in [2.05, 4.69) is 5.32 Å². The van der Waals surface area contributed by atoms with Crippen molar-refractivity contribution in [1.82, 2.24) is 0 Å². The zero-order valence-corrected chi connectivity index (χ0v) is 8.96. The van der Waals surface area contributed by atoms with Crippen molar-refractivity contribution in [2.45, 2.75) is 6.92 Å². The molecule has 0 aliphatic heterocycles. The number of ether oxygens (including phenoxy) is 2. The van der Waals surface area contributed by atoms with Crippen LogP contribution in [0.3, 0.4) is 0 Å². The van der Waals surface area contributed by atoms with E-state index in [4.69, 9.17) is 15.2 Å². The van der Waals surface area contributed by atoms with Gasteiger partial charge in [-0.25, -0.2) is 0 Å². The standard InChI is InChI=1S/C10H14N2O3/c1-6(13)12-8-5-10(15-3)9(14-2)4-7(8)11/h4-5H,11H2,1-3H3,(H,12,13). The van der Waals surface area contributed by atoms with Gasteiger partial charge in [-0.3, -0.25) is 4.79 Å². The van der Waals surface area contributed by atoms with E-state index in [1.54, 1.807) is 12.1 Å². The average Bonchev–Trinajstić information content (AvgIpc) is 2.19. The third kappa shape index (κ3) is 2.52. The molecule has 0 radical (unpaired) electrons. The summed E-state index contributed by atoms with van der Waals surface area (Å²) in [5, 5.41) is 2.60. The molecule has 1 aromatic rings. The van der Waals surface area contributed by atoms with E-state index < -0.39 is 0 Å². The van der Waals surface area contributed by atoms with Gasteiger partial charge in [-0.1, -0.05) is 0 Å². The Morgan fingerprint density at radius 2 is 1.80 bits per heavy atom. The zero-order chi connectivity index (χ0) is 11.4. The van der Waals surface area contributed by atoms with Crippen molar-refractivity contribution in [3.63, 3.8) is 0 Å². The van der Waals surface area contributed by atoms with E-state index in [1.807, 2.05) is 0 Å². The molecule has 3 N–H and O–H groups in total. The highest BCUT2D eigenvalue weighted by molar-refractivity contribution is 5.93. The molecule has 15 heavy (non-hydrogen) atoms. The van der Waals surface area contributed by atoms with Crippen molar-refractivity contribution < 1.29 is 14.3 Å². The highest BCUT2D eigenvalue weighted by Crippen LogP contribution is 2.34. The molecule has 5 nitrogen and oxygen atoms in total. The Hall–Kier alpha value is -1.91. The van der Waals surface area contributed by atoms with Gasteiger partial charge in [0.05, 0.1) is 25.6 Å². The summed E-state index contributed by atoms with van der Waals surface area (Å²) in [6, 6.07) is 3.22. The lowest BCUT2D eigenvalue weighted by Crippen LogP contribution is -2.08. The van der Waals surface area contributed by atoms with E-state index >= 15 is 0 Å². The largest absolute Gasteiger partial charge is 0.493 e. The predicted octanol–water partition coefficient (Wildman–Crippen LogP) is 1.24. The lowest BCUT2D eigenvalue weighted by molar-refractivity contribution is -0.114. The van der Waals surface area contributed by atoms with Crippen LogP contribution in [-0.2, 0) is 4.79 Å². The summed E-state index contributed by atoms with van der Waals surface area (Å²) in [4.78, 5) is 10.9. The fourth-order valence-electron chi connectivity index (χ4n) is 1.19. The Bertz CT molecular complexity index is 377. The number of nitrogens with one attached hydrogen (secondary N) is 1. The van der Waals surface area contributed by atoms with Gasteiger partial charge in [0.2, 0.25) is 5.91 Å². The molecule has 0 bridgehead atoms. The first-order chi connectivity index (χ1) is 7.08. The van der Waals surface area contributed by atoms with Crippen molar-refractivity contribution in [3.8, 4) is 11.5 Å². The quantitative estimate of drug-likeness (QED) is 0.736. The maximum absolute atomic E-state index is 10.9. The molecular formula is C10H14N2O3. The molecule has 0 saturated carbocycles. The topological polar surface area (TPSA) is 73.6 Å². The number of hydrogen-bond acceptors (Lipinski definition) is 4. The maximum atomic E-state index is 10.9. The molecular weight excluding hydrogens is 196 g/mol. The van der Waals surface area contributed by atoms with Gasteiger partial charge in [0, 0.05) is 19.1 Å².